The number of hydrogen-bond acceptors (Lipinski definition) is 5. The molecule has 1 fully saturated rings. The molecule has 1 N–H and O–H groups in total. The summed E-state index contributed by atoms with van der Waals surface area (Å²) in [6, 6.07) is 7.74. The molecule has 1 aliphatic rings. The SMILES string of the molecule is Cc1cc(C)cc(Oc2c(C(F)(F)F)oc3c(CN4CCCC[C@@H]4C)c(O)ccc3c2=O)c1. The lowest BCUT2D eigenvalue weighted by Crippen LogP contribution is -2.36. The number of piperidine rings is 1. The summed E-state index contributed by atoms with van der Waals surface area (Å²) in [5.74, 6) is -2.52. The minimum atomic E-state index is -4.97. The summed E-state index contributed by atoms with van der Waals surface area (Å²) in [4.78, 5) is 15.3. The van der Waals surface area contributed by atoms with E-state index in [-0.39, 0.29) is 40.6 Å². The first-order valence-electron chi connectivity index (χ1n) is 10.9. The van der Waals surface area contributed by atoms with Gasteiger partial charge in [-0.05, 0) is 75.5 Å². The van der Waals surface area contributed by atoms with Crippen molar-refractivity contribution in [2.24, 2.45) is 0 Å². The number of phenols is 1. The fourth-order valence-electron chi connectivity index (χ4n) is 4.42. The molecule has 4 rings (SSSR count). The molecule has 8 heteroatoms. The van der Waals surface area contributed by atoms with Gasteiger partial charge in [0.1, 0.15) is 17.1 Å². The Morgan fingerprint density at radius 1 is 1.15 bits per heavy atom. The van der Waals surface area contributed by atoms with Crippen molar-refractivity contribution in [1.82, 2.24) is 4.90 Å². The maximum atomic E-state index is 14.0. The fourth-order valence-corrected chi connectivity index (χ4v) is 4.42. The first kappa shape index (κ1) is 23.2. The van der Waals surface area contributed by atoms with Crippen molar-refractivity contribution in [2.75, 3.05) is 6.54 Å². The number of alkyl halides is 3. The molecule has 0 bridgehead atoms. The number of rotatable bonds is 4. The van der Waals surface area contributed by atoms with E-state index in [1.165, 1.54) is 12.1 Å². The summed E-state index contributed by atoms with van der Waals surface area (Å²) >= 11 is 0. The van der Waals surface area contributed by atoms with Gasteiger partial charge in [0.05, 0.1) is 10.9 Å². The van der Waals surface area contributed by atoms with Crippen LogP contribution in [0.3, 0.4) is 0 Å². The Balaban J connectivity index is 1.89. The lowest BCUT2D eigenvalue weighted by atomic mass is 10.0. The van der Waals surface area contributed by atoms with Crippen LogP contribution in [0, 0.1) is 13.8 Å². The molecule has 0 spiro atoms. The lowest BCUT2D eigenvalue weighted by Gasteiger charge is -2.33. The monoisotopic (exact) mass is 461 g/mol. The summed E-state index contributed by atoms with van der Waals surface area (Å²) in [5, 5.41) is 10.4. The number of phenolic OH excluding ortho intramolecular Hbond substituents is 1. The molecule has 0 aliphatic carbocycles. The summed E-state index contributed by atoms with van der Waals surface area (Å²) in [7, 11) is 0. The van der Waals surface area contributed by atoms with Gasteiger partial charge in [-0.25, -0.2) is 0 Å². The Labute approximate surface area is 189 Å². The van der Waals surface area contributed by atoms with E-state index < -0.39 is 23.1 Å². The van der Waals surface area contributed by atoms with Crippen molar-refractivity contribution in [2.45, 2.75) is 58.8 Å². The summed E-state index contributed by atoms with van der Waals surface area (Å²) < 4.78 is 52.8. The second-order valence-electron chi connectivity index (χ2n) is 8.77. The minimum absolute atomic E-state index is 0.0696. The molecule has 176 valence electrons. The van der Waals surface area contributed by atoms with E-state index in [0.29, 0.717) is 0 Å². The van der Waals surface area contributed by atoms with Crippen molar-refractivity contribution < 1.29 is 27.4 Å². The lowest BCUT2D eigenvalue weighted by molar-refractivity contribution is -0.154. The van der Waals surface area contributed by atoms with E-state index in [1.54, 1.807) is 26.0 Å². The van der Waals surface area contributed by atoms with E-state index >= 15 is 0 Å². The van der Waals surface area contributed by atoms with Crippen LogP contribution in [0.2, 0.25) is 0 Å². The van der Waals surface area contributed by atoms with Crippen molar-refractivity contribution in [3.63, 3.8) is 0 Å². The van der Waals surface area contributed by atoms with Gasteiger partial charge in [-0.2, -0.15) is 13.2 Å². The van der Waals surface area contributed by atoms with E-state index in [0.717, 1.165) is 36.9 Å². The number of likely N-dealkylation sites (tertiary alicyclic amines) is 1. The van der Waals surface area contributed by atoms with Crippen molar-refractivity contribution in [3.05, 3.63) is 63.0 Å². The molecule has 0 saturated carbocycles. The number of ether oxygens (including phenoxy) is 1. The molecular weight excluding hydrogens is 435 g/mol. The molecule has 0 unspecified atom stereocenters. The highest BCUT2D eigenvalue weighted by molar-refractivity contribution is 5.83. The van der Waals surface area contributed by atoms with E-state index in [4.69, 9.17) is 9.15 Å². The van der Waals surface area contributed by atoms with Gasteiger partial charge in [-0.3, -0.25) is 9.69 Å². The number of fused-ring (bicyclic) bond motifs is 1. The molecule has 1 aliphatic heterocycles. The second-order valence-corrected chi connectivity index (χ2v) is 8.77. The fraction of sp³-hybridized carbons (Fsp3) is 0.400. The zero-order chi connectivity index (χ0) is 23.9. The number of nitrogens with zero attached hydrogens (tertiary/aromatic N) is 1. The van der Waals surface area contributed by atoms with Gasteiger partial charge in [-0.1, -0.05) is 12.5 Å². The third-order valence-corrected chi connectivity index (χ3v) is 6.07. The van der Waals surface area contributed by atoms with Gasteiger partial charge in [0.25, 0.3) is 5.76 Å². The van der Waals surface area contributed by atoms with Crippen LogP contribution < -0.4 is 10.2 Å². The van der Waals surface area contributed by atoms with E-state index in [1.807, 2.05) is 13.0 Å². The molecule has 0 amide bonds. The maximum Gasteiger partial charge on any atom is 0.453 e. The van der Waals surface area contributed by atoms with Crippen molar-refractivity contribution in [1.29, 1.82) is 0 Å². The molecule has 1 saturated heterocycles. The Bertz CT molecular complexity index is 1230. The Morgan fingerprint density at radius 3 is 2.48 bits per heavy atom. The molecule has 5 nitrogen and oxygen atoms in total. The number of halogens is 3. The van der Waals surface area contributed by atoms with Gasteiger partial charge in [0.15, 0.2) is 0 Å². The largest absolute Gasteiger partial charge is 0.507 e. The van der Waals surface area contributed by atoms with Crippen LogP contribution in [-0.2, 0) is 12.7 Å². The predicted molar refractivity (Wildman–Crippen MR) is 119 cm³/mol. The predicted octanol–water partition coefficient (Wildman–Crippen LogP) is 6.30. The highest BCUT2D eigenvalue weighted by Crippen LogP contribution is 2.40. The molecule has 2 heterocycles. The number of hydrogen-bond donors (Lipinski definition) is 1. The number of aromatic hydroxyl groups is 1. The van der Waals surface area contributed by atoms with Crippen LogP contribution in [-0.4, -0.2) is 22.6 Å². The molecule has 33 heavy (non-hydrogen) atoms. The van der Waals surface area contributed by atoms with Crippen LogP contribution in [0.5, 0.6) is 17.2 Å². The average Bonchev–Trinajstić information content (AvgIpc) is 2.71. The normalized spacial score (nSPS) is 17.5. The summed E-state index contributed by atoms with van der Waals surface area (Å²) in [5.41, 5.74) is 0.536. The van der Waals surface area contributed by atoms with Crippen LogP contribution in [0.1, 0.15) is 48.6 Å². The molecule has 1 aromatic heterocycles. The maximum absolute atomic E-state index is 14.0. The number of benzene rings is 2. The van der Waals surface area contributed by atoms with Crippen LogP contribution >= 0.6 is 0 Å². The Kier molecular flexibility index (Phi) is 6.14. The van der Waals surface area contributed by atoms with E-state index in [9.17, 15) is 23.1 Å². The molecule has 1 atom stereocenters. The molecule has 0 radical (unpaired) electrons. The highest BCUT2D eigenvalue weighted by Gasteiger charge is 2.41. The van der Waals surface area contributed by atoms with Crippen LogP contribution in [0.15, 0.2) is 39.5 Å². The highest BCUT2D eigenvalue weighted by atomic mass is 19.4. The van der Waals surface area contributed by atoms with Crippen LogP contribution in [0.4, 0.5) is 13.2 Å². The zero-order valence-electron chi connectivity index (χ0n) is 18.8. The first-order chi connectivity index (χ1) is 15.5. The zero-order valence-corrected chi connectivity index (χ0v) is 18.8. The molecule has 3 aromatic rings. The minimum Gasteiger partial charge on any atom is -0.507 e. The van der Waals surface area contributed by atoms with Gasteiger partial charge in [0, 0.05) is 12.6 Å². The van der Waals surface area contributed by atoms with Gasteiger partial charge in [-0.15, -0.1) is 0 Å². The first-order valence-corrected chi connectivity index (χ1v) is 10.9. The van der Waals surface area contributed by atoms with Gasteiger partial charge in [0.2, 0.25) is 11.2 Å². The smallest absolute Gasteiger partial charge is 0.453 e. The second kappa shape index (κ2) is 8.74. The molecular formula is C25H26F3NO4. The van der Waals surface area contributed by atoms with Crippen molar-refractivity contribution >= 4 is 11.0 Å². The number of aryl methyl sites for hydroxylation is 2. The summed E-state index contributed by atoms with van der Waals surface area (Å²) in [6.45, 7) is 6.53. The molecule has 2 aromatic carbocycles. The topological polar surface area (TPSA) is 62.9 Å². The van der Waals surface area contributed by atoms with E-state index in [2.05, 4.69) is 4.90 Å². The Morgan fingerprint density at radius 2 is 1.85 bits per heavy atom. The third-order valence-electron chi connectivity index (χ3n) is 6.07. The van der Waals surface area contributed by atoms with Gasteiger partial charge >= 0.3 is 6.18 Å². The quantitative estimate of drug-likeness (QED) is 0.494. The summed E-state index contributed by atoms with van der Waals surface area (Å²) in [6.07, 6.45) is -1.98. The standard InChI is InChI=1S/C25H26F3NO4/c1-14-10-15(2)12-17(11-14)32-23-21(31)18-7-8-20(30)19(13-29-9-5-4-6-16(29)3)22(18)33-24(23)25(26,27)28/h7-8,10-12,16,30H,4-6,9,13H2,1-3H3/t16-/m0/s1. The van der Waals surface area contributed by atoms with Crippen LogP contribution in [0.25, 0.3) is 11.0 Å². The third kappa shape index (κ3) is 4.71. The van der Waals surface area contributed by atoms with Gasteiger partial charge < -0.3 is 14.3 Å². The Hall–Kier alpha value is -3.00. The average molecular weight is 461 g/mol. The van der Waals surface area contributed by atoms with Crippen molar-refractivity contribution in [3.8, 4) is 17.2 Å².